The van der Waals surface area contributed by atoms with Gasteiger partial charge in [0.15, 0.2) is 0 Å². The number of esters is 1. The molecule has 0 aliphatic carbocycles. The Kier molecular flexibility index (Phi) is 3.34. The fourth-order valence-electron chi connectivity index (χ4n) is 1.59. The minimum atomic E-state index is -0.208. The molecular weight excluding hydrogens is 166 g/mol. The van der Waals surface area contributed by atoms with Gasteiger partial charge in [-0.15, -0.1) is 0 Å². The van der Waals surface area contributed by atoms with Gasteiger partial charge in [-0.3, -0.25) is 0 Å². The van der Waals surface area contributed by atoms with Crippen LogP contribution >= 0.6 is 0 Å². The number of carbonyl (C=O) groups excluding carboxylic acids is 1. The van der Waals surface area contributed by atoms with Crippen molar-refractivity contribution in [1.82, 2.24) is 4.90 Å². The van der Waals surface area contributed by atoms with E-state index in [1.54, 1.807) is 6.08 Å². The average molecular weight is 183 g/mol. The van der Waals surface area contributed by atoms with Gasteiger partial charge in [0.25, 0.3) is 0 Å². The van der Waals surface area contributed by atoms with E-state index in [4.69, 9.17) is 4.74 Å². The third-order valence-corrected chi connectivity index (χ3v) is 2.37. The number of hydrogen-bond donors (Lipinski definition) is 0. The van der Waals surface area contributed by atoms with Crippen LogP contribution in [0.3, 0.4) is 0 Å². The first-order valence-electron chi connectivity index (χ1n) is 4.82. The Balaban J connectivity index is 2.79. The molecule has 1 aliphatic heterocycles. The lowest BCUT2D eigenvalue weighted by atomic mass is 10.1. The number of rotatable bonds is 3. The van der Waals surface area contributed by atoms with Crippen molar-refractivity contribution in [3.63, 3.8) is 0 Å². The molecule has 1 atom stereocenters. The summed E-state index contributed by atoms with van der Waals surface area (Å²) in [6.45, 7) is 8.67. The van der Waals surface area contributed by atoms with Crippen LogP contribution in [0, 0.1) is 5.92 Å². The van der Waals surface area contributed by atoms with Crippen LogP contribution in [0.15, 0.2) is 11.8 Å². The lowest BCUT2D eigenvalue weighted by Gasteiger charge is -2.30. The molecule has 0 amide bonds. The second-order valence-electron chi connectivity index (χ2n) is 3.27. The first-order chi connectivity index (χ1) is 6.19. The third-order valence-electron chi connectivity index (χ3n) is 2.37. The number of hydrogen-bond acceptors (Lipinski definition) is 3. The summed E-state index contributed by atoms with van der Waals surface area (Å²) in [6.07, 6.45) is 1.61. The number of nitrogens with zero attached hydrogens (tertiary/aromatic N) is 1. The van der Waals surface area contributed by atoms with Gasteiger partial charge < -0.3 is 9.64 Å². The highest BCUT2D eigenvalue weighted by Gasteiger charge is 2.21. The molecule has 0 spiro atoms. The first-order valence-corrected chi connectivity index (χ1v) is 4.82. The highest BCUT2D eigenvalue weighted by molar-refractivity contribution is 5.83. The summed E-state index contributed by atoms with van der Waals surface area (Å²) in [6, 6.07) is 0. The predicted molar refractivity (Wildman–Crippen MR) is 51.1 cm³/mol. The number of ether oxygens (including phenoxy) is 1. The summed E-state index contributed by atoms with van der Waals surface area (Å²) in [5.74, 6) is 0.123. The van der Waals surface area contributed by atoms with E-state index < -0.39 is 0 Å². The minimum absolute atomic E-state index is 0.208. The van der Waals surface area contributed by atoms with Gasteiger partial charge in [-0.05, 0) is 13.8 Å². The van der Waals surface area contributed by atoms with Crippen LogP contribution < -0.4 is 0 Å². The average Bonchev–Trinajstić information content (AvgIpc) is 2.13. The van der Waals surface area contributed by atoms with E-state index in [0.717, 1.165) is 18.8 Å². The minimum Gasteiger partial charge on any atom is -0.462 e. The molecule has 13 heavy (non-hydrogen) atoms. The van der Waals surface area contributed by atoms with Crippen LogP contribution in [0.25, 0.3) is 0 Å². The van der Waals surface area contributed by atoms with Crippen molar-refractivity contribution in [1.29, 1.82) is 0 Å². The van der Waals surface area contributed by atoms with Crippen LogP contribution in [0.5, 0.6) is 0 Å². The molecule has 0 saturated carbocycles. The maximum absolute atomic E-state index is 11.0. The summed E-state index contributed by atoms with van der Waals surface area (Å²) in [7, 11) is 0. The Morgan fingerprint density at radius 3 is 2.69 bits per heavy atom. The Bertz CT molecular complexity index is 219. The summed E-state index contributed by atoms with van der Waals surface area (Å²) < 4.78 is 4.92. The van der Waals surface area contributed by atoms with Crippen molar-refractivity contribution in [2.75, 3.05) is 19.7 Å². The second kappa shape index (κ2) is 4.30. The van der Waals surface area contributed by atoms with E-state index in [0.29, 0.717) is 12.5 Å². The van der Waals surface area contributed by atoms with Gasteiger partial charge in [-0.1, -0.05) is 6.92 Å². The van der Waals surface area contributed by atoms with Crippen molar-refractivity contribution in [2.45, 2.75) is 20.8 Å². The quantitative estimate of drug-likeness (QED) is 0.619. The molecule has 1 heterocycles. The first kappa shape index (κ1) is 10.1. The molecule has 0 saturated heterocycles. The zero-order valence-corrected chi connectivity index (χ0v) is 8.54. The summed E-state index contributed by atoms with van der Waals surface area (Å²) >= 11 is 0. The molecule has 0 fully saturated rings. The van der Waals surface area contributed by atoms with E-state index in [-0.39, 0.29) is 5.97 Å². The van der Waals surface area contributed by atoms with Gasteiger partial charge in [0, 0.05) is 30.8 Å². The topological polar surface area (TPSA) is 29.5 Å². The van der Waals surface area contributed by atoms with Crippen molar-refractivity contribution in [3.8, 4) is 0 Å². The van der Waals surface area contributed by atoms with Crippen LogP contribution in [0.4, 0.5) is 0 Å². The van der Waals surface area contributed by atoms with Crippen molar-refractivity contribution in [2.24, 2.45) is 5.92 Å². The normalized spacial score (nSPS) is 22.2. The SMILES string of the molecule is CCN(CC)C1=CC(=O)OCC1C. The van der Waals surface area contributed by atoms with Gasteiger partial charge in [0.1, 0.15) is 0 Å². The monoisotopic (exact) mass is 183 g/mol. The van der Waals surface area contributed by atoms with E-state index in [9.17, 15) is 4.79 Å². The lowest BCUT2D eigenvalue weighted by Crippen LogP contribution is -2.32. The molecule has 0 N–H and O–H groups in total. The molecule has 1 rings (SSSR count). The maximum atomic E-state index is 11.0. The van der Waals surface area contributed by atoms with Crippen LogP contribution in [0.2, 0.25) is 0 Å². The Hall–Kier alpha value is -0.990. The van der Waals surface area contributed by atoms with Crippen LogP contribution in [0.1, 0.15) is 20.8 Å². The molecule has 74 valence electrons. The molecule has 0 aromatic carbocycles. The molecule has 0 aromatic rings. The predicted octanol–water partition coefficient (Wildman–Crippen LogP) is 1.41. The molecule has 1 unspecified atom stereocenters. The fourth-order valence-corrected chi connectivity index (χ4v) is 1.59. The number of cyclic esters (lactones) is 1. The van der Waals surface area contributed by atoms with E-state index in [2.05, 4.69) is 25.7 Å². The molecular formula is C10H17NO2. The Morgan fingerprint density at radius 1 is 1.54 bits per heavy atom. The smallest absolute Gasteiger partial charge is 0.332 e. The van der Waals surface area contributed by atoms with Crippen molar-refractivity contribution in [3.05, 3.63) is 11.8 Å². The van der Waals surface area contributed by atoms with E-state index >= 15 is 0 Å². The van der Waals surface area contributed by atoms with Gasteiger partial charge in [-0.25, -0.2) is 4.79 Å². The second-order valence-corrected chi connectivity index (χ2v) is 3.27. The van der Waals surface area contributed by atoms with Gasteiger partial charge in [0.05, 0.1) is 6.61 Å². The van der Waals surface area contributed by atoms with Crippen molar-refractivity contribution >= 4 is 5.97 Å². The van der Waals surface area contributed by atoms with E-state index in [1.165, 1.54) is 0 Å². The van der Waals surface area contributed by atoms with Crippen LogP contribution in [-0.2, 0) is 9.53 Å². The molecule has 3 nitrogen and oxygen atoms in total. The number of carbonyl (C=O) groups is 1. The zero-order chi connectivity index (χ0) is 9.84. The lowest BCUT2D eigenvalue weighted by molar-refractivity contribution is -0.140. The standard InChI is InChI=1S/C10H17NO2/c1-4-11(5-2)9-6-10(12)13-7-8(9)3/h6,8H,4-5,7H2,1-3H3. The zero-order valence-electron chi connectivity index (χ0n) is 8.54. The highest BCUT2D eigenvalue weighted by atomic mass is 16.5. The fraction of sp³-hybridized carbons (Fsp3) is 0.700. The largest absolute Gasteiger partial charge is 0.462 e. The Morgan fingerprint density at radius 2 is 2.15 bits per heavy atom. The molecule has 3 heteroatoms. The van der Waals surface area contributed by atoms with Gasteiger partial charge in [-0.2, -0.15) is 0 Å². The molecule has 1 aliphatic rings. The van der Waals surface area contributed by atoms with Crippen LogP contribution in [-0.4, -0.2) is 30.6 Å². The van der Waals surface area contributed by atoms with Gasteiger partial charge in [0.2, 0.25) is 0 Å². The molecule has 0 radical (unpaired) electrons. The summed E-state index contributed by atoms with van der Waals surface area (Å²) in [4.78, 5) is 13.2. The Labute approximate surface area is 79.4 Å². The van der Waals surface area contributed by atoms with Crippen molar-refractivity contribution < 1.29 is 9.53 Å². The molecule has 0 aromatic heterocycles. The summed E-state index contributed by atoms with van der Waals surface area (Å²) in [5.41, 5.74) is 1.11. The maximum Gasteiger partial charge on any atom is 0.332 e. The third kappa shape index (κ3) is 2.23. The molecule has 0 bridgehead atoms. The van der Waals surface area contributed by atoms with E-state index in [1.807, 2.05) is 0 Å². The summed E-state index contributed by atoms with van der Waals surface area (Å²) in [5, 5.41) is 0. The van der Waals surface area contributed by atoms with Gasteiger partial charge >= 0.3 is 5.97 Å². The highest BCUT2D eigenvalue weighted by Crippen LogP contribution is 2.19.